The van der Waals surface area contributed by atoms with Crippen molar-refractivity contribution in [3.05, 3.63) is 42.0 Å². The predicted molar refractivity (Wildman–Crippen MR) is 34.3 cm³/mol. The van der Waals surface area contributed by atoms with E-state index in [1.807, 2.05) is 0 Å². The molecule has 0 aromatic carbocycles. The highest BCUT2D eigenvalue weighted by atomic mass is 16.2. The lowest BCUT2D eigenvalue weighted by molar-refractivity contribution is 1.54. The molecule has 0 heterocycles. The monoisotopic (exact) mass is 109 g/mol. The van der Waals surface area contributed by atoms with E-state index in [0.717, 1.165) is 0 Å². The second kappa shape index (κ2) is 5.82. The molecule has 0 spiro atoms. The fourth-order valence-electron chi connectivity index (χ4n) is 0.228. The lowest BCUT2D eigenvalue weighted by Crippen LogP contribution is -1.45. The summed E-state index contributed by atoms with van der Waals surface area (Å²) in [6.07, 6.45) is 7.71. The second-order valence-corrected chi connectivity index (χ2v) is 1.07. The van der Waals surface area contributed by atoms with Crippen LogP contribution in [0.15, 0.2) is 42.3 Å². The number of hydrogen-bond acceptors (Lipinski definition) is 2. The molecule has 2 heteroatoms. The molecular weight excluding hydrogens is 102 g/mol. The highest BCUT2D eigenvalue weighted by molar-refractivity contribution is 5.08. The van der Waals surface area contributed by atoms with Gasteiger partial charge < -0.3 is 0 Å². The van der Waals surface area contributed by atoms with Gasteiger partial charge in [-0.1, -0.05) is 24.8 Å². The van der Waals surface area contributed by atoms with Crippen LogP contribution < -0.4 is 0 Å². The molecule has 42 valence electrons. The maximum atomic E-state index is 9.37. The van der Waals surface area contributed by atoms with Gasteiger partial charge in [0.2, 0.25) is 0 Å². The summed E-state index contributed by atoms with van der Waals surface area (Å²) < 4.78 is 0. The third-order valence-electron chi connectivity index (χ3n) is 0.505. The van der Waals surface area contributed by atoms with E-state index in [4.69, 9.17) is 0 Å². The van der Waals surface area contributed by atoms with E-state index in [1.54, 1.807) is 18.2 Å². The summed E-state index contributed by atoms with van der Waals surface area (Å²) in [5, 5.41) is 2.49. The van der Waals surface area contributed by atoms with E-state index in [9.17, 15) is 4.91 Å². The van der Waals surface area contributed by atoms with Crippen molar-refractivity contribution in [1.29, 1.82) is 0 Å². The van der Waals surface area contributed by atoms with Crippen molar-refractivity contribution in [3.63, 3.8) is 0 Å². The first-order valence-electron chi connectivity index (χ1n) is 2.18. The molecule has 0 unspecified atom stereocenters. The Kier molecular flexibility index (Phi) is 4.96. The smallest absolute Gasteiger partial charge is 0.0714 e. The van der Waals surface area contributed by atoms with Crippen LogP contribution in [-0.4, -0.2) is 0 Å². The number of hydrogen-bond donors (Lipinski definition) is 0. The third-order valence-corrected chi connectivity index (χ3v) is 0.505. The number of nitrogens with zero attached hydrogens (tertiary/aromatic N) is 1. The molecule has 0 fully saturated rings. The van der Waals surface area contributed by atoms with Crippen LogP contribution in [-0.2, 0) is 0 Å². The summed E-state index contributed by atoms with van der Waals surface area (Å²) in [4.78, 5) is 9.37. The molecule has 0 radical (unpaired) electrons. The van der Waals surface area contributed by atoms with Gasteiger partial charge in [0.15, 0.2) is 0 Å². The first kappa shape index (κ1) is 6.82. The Hall–Kier alpha value is -1.18. The fourth-order valence-corrected chi connectivity index (χ4v) is 0.228. The highest BCUT2D eigenvalue weighted by Gasteiger charge is 1.57. The zero-order valence-electron chi connectivity index (χ0n) is 4.45. The van der Waals surface area contributed by atoms with Crippen molar-refractivity contribution in [2.75, 3.05) is 0 Å². The molecule has 0 rings (SSSR count). The van der Waals surface area contributed by atoms with Crippen molar-refractivity contribution >= 4 is 0 Å². The van der Waals surface area contributed by atoms with Crippen molar-refractivity contribution in [1.82, 2.24) is 0 Å². The van der Waals surface area contributed by atoms with Crippen LogP contribution in [0.25, 0.3) is 0 Å². The van der Waals surface area contributed by atoms with Gasteiger partial charge in [0.25, 0.3) is 0 Å². The van der Waals surface area contributed by atoms with Crippen LogP contribution in [0.2, 0.25) is 0 Å². The van der Waals surface area contributed by atoms with Crippen LogP contribution in [0, 0.1) is 4.91 Å². The molecule has 0 aromatic rings. The maximum absolute atomic E-state index is 9.37. The minimum absolute atomic E-state index is 1.17. The summed E-state index contributed by atoms with van der Waals surface area (Å²) in [5.41, 5.74) is 0. The zero-order chi connectivity index (χ0) is 6.24. The summed E-state index contributed by atoms with van der Waals surface area (Å²) in [6, 6.07) is 0. The van der Waals surface area contributed by atoms with Crippen LogP contribution in [0.1, 0.15) is 0 Å². The topological polar surface area (TPSA) is 29.4 Å². The van der Waals surface area contributed by atoms with E-state index in [1.165, 1.54) is 12.3 Å². The van der Waals surface area contributed by atoms with Gasteiger partial charge >= 0.3 is 0 Å². The summed E-state index contributed by atoms with van der Waals surface area (Å²) >= 11 is 0. The van der Waals surface area contributed by atoms with E-state index < -0.39 is 0 Å². The Balaban J connectivity index is 3.41. The van der Waals surface area contributed by atoms with Gasteiger partial charge in [-0.2, -0.15) is 0 Å². The molecule has 0 N–H and O–H groups in total. The van der Waals surface area contributed by atoms with Gasteiger partial charge in [-0.3, -0.25) is 0 Å². The molecule has 0 aromatic heterocycles. The average Bonchev–Trinajstić information content (AvgIpc) is 1.81. The van der Waals surface area contributed by atoms with E-state index in [0.29, 0.717) is 0 Å². The summed E-state index contributed by atoms with van der Waals surface area (Å²) in [6.45, 7) is 3.43. The lowest BCUT2D eigenvalue weighted by atomic mass is 10.5. The molecule has 0 saturated heterocycles. The average molecular weight is 109 g/mol. The molecule has 2 nitrogen and oxygen atoms in total. The van der Waals surface area contributed by atoms with Gasteiger partial charge in [0.05, 0.1) is 6.20 Å². The molecule has 8 heavy (non-hydrogen) atoms. The van der Waals surface area contributed by atoms with Crippen molar-refractivity contribution in [2.24, 2.45) is 5.18 Å². The predicted octanol–water partition coefficient (Wildman–Crippen LogP) is 2.01. The third kappa shape index (κ3) is 4.82. The van der Waals surface area contributed by atoms with Crippen LogP contribution >= 0.6 is 0 Å². The first-order valence-corrected chi connectivity index (χ1v) is 2.18. The normalized spacial score (nSPS) is 10.5. The molecule has 0 aliphatic rings. The Morgan fingerprint density at radius 2 is 2.00 bits per heavy atom. The molecule has 0 saturated carbocycles. The molecule has 0 aliphatic carbocycles. The molecule has 0 amide bonds. The van der Waals surface area contributed by atoms with Gasteiger partial charge in [-0.15, -0.1) is 4.91 Å². The second-order valence-electron chi connectivity index (χ2n) is 1.07. The maximum Gasteiger partial charge on any atom is 0.0714 e. The van der Waals surface area contributed by atoms with E-state index >= 15 is 0 Å². The molecular formula is C6H7NO. The largest absolute Gasteiger partial charge is 0.145 e. The Morgan fingerprint density at radius 1 is 1.25 bits per heavy atom. The van der Waals surface area contributed by atoms with Crippen molar-refractivity contribution < 1.29 is 0 Å². The quantitative estimate of drug-likeness (QED) is 0.402. The first-order chi connectivity index (χ1) is 3.91. The van der Waals surface area contributed by atoms with E-state index in [2.05, 4.69) is 11.8 Å². The number of rotatable bonds is 3. The van der Waals surface area contributed by atoms with Gasteiger partial charge in [0, 0.05) is 0 Å². The molecule has 0 bridgehead atoms. The highest BCUT2D eigenvalue weighted by Crippen LogP contribution is 1.76. The number of allylic oxidation sites excluding steroid dienone is 4. The van der Waals surface area contributed by atoms with Crippen molar-refractivity contribution in [2.45, 2.75) is 0 Å². The fraction of sp³-hybridized carbons (Fsp3) is 0. The van der Waals surface area contributed by atoms with E-state index in [-0.39, 0.29) is 0 Å². The van der Waals surface area contributed by atoms with Crippen LogP contribution in [0.3, 0.4) is 0 Å². The Bertz CT molecular complexity index is 108. The lowest BCUT2D eigenvalue weighted by Gasteiger charge is -1.64. The summed E-state index contributed by atoms with van der Waals surface area (Å²) in [5.74, 6) is 0. The van der Waals surface area contributed by atoms with Gasteiger partial charge in [-0.25, -0.2) is 0 Å². The minimum Gasteiger partial charge on any atom is -0.145 e. The van der Waals surface area contributed by atoms with Crippen molar-refractivity contribution in [3.8, 4) is 0 Å². The van der Waals surface area contributed by atoms with Gasteiger partial charge in [-0.05, 0) is 11.3 Å². The Labute approximate surface area is 48.2 Å². The van der Waals surface area contributed by atoms with Crippen LogP contribution in [0.5, 0.6) is 0 Å². The SMILES string of the molecule is C=CC=CC=CN=O. The molecule has 0 atom stereocenters. The zero-order valence-corrected chi connectivity index (χ0v) is 4.45. The Morgan fingerprint density at radius 3 is 2.50 bits per heavy atom. The summed E-state index contributed by atoms with van der Waals surface area (Å²) in [7, 11) is 0. The standard InChI is InChI=1S/C6H7NO/c1-2-3-4-5-6-7-8/h2-6H,1H2. The van der Waals surface area contributed by atoms with Gasteiger partial charge in [0.1, 0.15) is 0 Å². The van der Waals surface area contributed by atoms with Crippen LogP contribution in [0.4, 0.5) is 0 Å². The minimum atomic E-state index is 1.17. The number of nitroso groups, excluding NO2 is 1. The molecule has 0 aliphatic heterocycles.